The average molecular weight is 265 g/mol. The molecule has 0 saturated carbocycles. The molecule has 19 heavy (non-hydrogen) atoms. The molecule has 1 aromatic rings. The summed E-state index contributed by atoms with van der Waals surface area (Å²) in [6, 6.07) is 3.78. The molecule has 0 aromatic carbocycles. The Balaban J connectivity index is 2.07. The van der Waals surface area contributed by atoms with Crippen LogP contribution in [0, 0.1) is 6.92 Å². The van der Waals surface area contributed by atoms with Crippen LogP contribution in [0.3, 0.4) is 0 Å². The molecule has 4 heteroatoms. The Labute approximate surface area is 114 Å². The highest BCUT2D eigenvalue weighted by Gasteiger charge is 2.27. The topological polar surface area (TPSA) is 42.7 Å². The zero-order valence-corrected chi connectivity index (χ0v) is 11.9. The maximum atomic E-state index is 12.0. The number of furan rings is 1. The minimum Gasteiger partial charge on any atom is -0.468 e. The van der Waals surface area contributed by atoms with E-state index in [2.05, 4.69) is 4.90 Å². The van der Waals surface area contributed by atoms with Crippen molar-refractivity contribution in [3.8, 4) is 0 Å². The zero-order valence-electron chi connectivity index (χ0n) is 11.9. The van der Waals surface area contributed by atoms with Crippen molar-refractivity contribution in [3.05, 3.63) is 23.7 Å². The molecule has 4 nitrogen and oxygen atoms in total. The summed E-state index contributed by atoms with van der Waals surface area (Å²) in [5, 5.41) is 0. The molecule has 0 N–H and O–H groups in total. The van der Waals surface area contributed by atoms with E-state index in [-0.39, 0.29) is 11.9 Å². The summed E-state index contributed by atoms with van der Waals surface area (Å²) in [5.41, 5.74) is 0. The summed E-state index contributed by atoms with van der Waals surface area (Å²) in [6.45, 7) is 4.71. The Morgan fingerprint density at radius 1 is 1.32 bits per heavy atom. The molecule has 106 valence electrons. The number of aryl methyl sites for hydroxylation is 1. The molecule has 0 amide bonds. The van der Waals surface area contributed by atoms with Crippen molar-refractivity contribution in [3.63, 3.8) is 0 Å². The molecule has 2 rings (SSSR count). The second-order valence-electron chi connectivity index (χ2n) is 5.24. The van der Waals surface area contributed by atoms with Crippen molar-refractivity contribution in [1.29, 1.82) is 0 Å². The van der Waals surface area contributed by atoms with Crippen LogP contribution < -0.4 is 0 Å². The quantitative estimate of drug-likeness (QED) is 0.785. The molecule has 1 aliphatic rings. The first kappa shape index (κ1) is 14.1. The summed E-state index contributed by atoms with van der Waals surface area (Å²) in [6.07, 6.45) is 5.01. The number of carbonyl (C=O) groups is 1. The Morgan fingerprint density at radius 3 is 2.53 bits per heavy atom. The number of nitrogens with zero attached hydrogens (tertiary/aromatic N) is 1. The smallest absolute Gasteiger partial charge is 0.317 e. The molecule has 1 fully saturated rings. The van der Waals surface area contributed by atoms with Gasteiger partial charge in [-0.15, -0.1) is 0 Å². The summed E-state index contributed by atoms with van der Waals surface area (Å²) in [7, 11) is 1.44. The second kappa shape index (κ2) is 6.75. The number of esters is 1. The Hall–Kier alpha value is -1.29. The van der Waals surface area contributed by atoms with Crippen LogP contribution in [0.1, 0.15) is 43.1 Å². The van der Waals surface area contributed by atoms with Gasteiger partial charge in [-0.3, -0.25) is 4.79 Å². The fraction of sp³-hybridized carbons (Fsp3) is 0.667. The summed E-state index contributed by atoms with van der Waals surface area (Å²) in [4.78, 5) is 14.3. The van der Waals surface area contributed by atoms with E-state index >= 15 is 0 Å². The van der Waals surface area contributed by atoms with E-state index in [9.17, 15) is 4.79 Å². The van der Waals surface area contributed by atoms with Gasteiger partial charge >= 0.3 is 5.97 Å². The third kappa shape index (κ3) is 3.83. The van der Waals surface area contributed by atoms with E-state index < -0.39 is 0 Å². The van der Waals surface area contributed by atoms with E-state index in [0.717, 1.165) is 18.8 Å². The predicted octanol–water partition coefficient (Wildman–Crippen LogP) is 2.72. The fourth-order valence-electron chi connectivity index (χ4n) is 2.64. The summed E-state index contributed by atoms with van der Waals surface area (Å²) >= 11 is 0. The van der Waals surface area contributed by atoms with Crippen molar-refractivity contribution in [1.82, 2.24) is 4.90 Å². The number of ether oxygens (including phenoxy) is 1. The van der Waals surface area contributed by atoms with Gasteiger partial charge in [0.05, 0.1) is 7.11 Å². The van der Waals surface area contributed by atoms with Crippen molar-refractivity contribution < 1.29 is 13.9 Å². The lowest BCUT2D eigenvalue weighted by Gasteiger charge is -2.23. The number of hydrogen-bond acceptors (Lipinski definition) is 4. The largest absolute Gasteiger partial charge is 0.468 e. The minimum atomic E-state index is -0.309. The Bertz CT molecular complexity index is 405. The van der Waals surface area contributed by atoms with Gasteiger partial charge in [0, 0.05) is 6.54 Å². The van der Waals surface area contributed by atoms with Gasteiger partial charge in [-0.25, -0.2) is 0 Å². The van der Waals surface area contributed by atoms with Gasteiger partial charge in [-0.1, -0.05) is 12.8 Å². The number of methoxy groups -OCH3 is 1. The van der Waals surface area contributed by atoms with E-state index in [4.69, 9.17) is 9.15 Å². The molecule has 0 radical (unpaired) electrons. The van der Waals surface area contributed by atoms with Gasteiger partial charge in [-0.2, -0.15) is 0 Å². The molecule has 1 aromatic heterocycles. The standard InChI is InChI=1S/C15H23NO3/c1-12-7-8-14(19-12)13(15(17)18-2)11-16-9-5-3-4-6-10-16/h7-8,13H,3-6,9-11H2,1-2H3. The first-order valence-electron chi connectivity index (χ1n) is 7.07. The molecule has 1 aliphatic heterocycles. The molecule has 1 atom stereocenters. The first-order valence-corrected chi connectivity index (χ1v) is 7.07. The monoisotopic (exact) mass is 265 g/mol. The third-order valence-electron chi connectivity index (χ3n) is 3.73. The Morgan fingerprint density at radius 2 is 2.00 bits per heavy atom. The number of likely N-dealkylation sites (tertiary alicyclic amines) is 1. The lowest BCUT2D eigenvalue weighted by molar-refractivity contribution is -0.143. The van der Waals surface area contributed by atoms with Gasteiger partial charge in [0.2, 0.25) is 0 Å². The average Bonchev–Trinajstić information content (AvgIpc) is 2.68. The van der Waals surface area contributed by atoms with E-state index in [1.165, 1.54) is 32.8 Å². The van der Waals surface area contributed by atoms with Crippen LogP contribution in [-0.2, 0) is 9.53 Å². The molecule has 0 aliphatic carbocycles. The van der Waals surface area contributed by atoms with Crippen molar-refractivity contribution in [2.75, 3.05) is 26.7 Å². The van der Waals surface area contributed by atoms with E-state index in [1.54, 1.807) is 0 Å². The molecule has 0 spiro atoms. The summed E-state index contributed by atoms with van der Waals surface area (Å²) in [5.74, 6) is 1.03. The van der Waals surface area contributed by atoms with Crippen LogP contribution in [-0.4, -0.2) is 37.6 Å². The van der Waals surface area contributed by atoms with Crippen molar-refractivity contribution >= 4 is 5.97 Å². The Kier molecular flexibility index (Phi) is 5.02. The van der Waals surface area contributed by atoms with Crippen LogP contribution >= 0.6 is 0 Å². The molecular formula is C15H23NO3. The predicted molar refractivity (Wildman–Crippen MR) is 73.1 cm³/mol. The minimum absolute atomic E-state index is 0.210. The highest BCUT2D eigenvalue weighted by atomic mass is 16.5. The van der Waals surface area contributed by atoms with E-state index in [0.29, 0.717) is 12.3 Å². The van der Waals surface area contributed by atoms with Gasteiger partial charge in [0.25, 0.3) is 0 Å². The maximum absolute atomic E-state index is 12.0. The van der Waals surface area contributed by atoms with Crippen molar-refractivity contribution in [2.24, 2.45) is 0 Å². The van der Waals surface area contributed by atoms with E-state index in [1.807, 2.05) is 19.1 Å². The SMILES string of the molecule is COC(=O)C(CN1CCCCCC1)c1ccc(C)o1. The maximum Gasteiger partial charge on any atom is 0.317 e. The van der Waals surface area contributed by atoms with Crippen LogP contribution in [0.5, 0.6) is 0 Å². The van der Waals surface area contributed by atoms with Crippen LogP contribution in [0.2, 0.25) is 0 Å². The summed E-state index contributed by atoms with van der Waals surface area (Å²) < 4.78 is 10.5. The first-order chi connectivity index (χ1) is 9.20. The molecule has 0 bridgehead atoms. The number of carbonyl (C=O) groups excluding carboxylic acids is 1. The van der Waals surface area contributed by atoms with Crippen LogP contribution in [0.25, 0.3) is 0 Å². The fourth-order valence-corrected chi connectivity index (χ4v) is 2.64. The lowest BCUT2D eigenvalue weighted by Crippen LogP contribution is -2.33. The molecule has 1 saturated heterocycles. The van der Waals surface area contributed by atoms with Crippen LogP contribution in [0.4, 0.5) is 0 Å². The van der Waals surface area contributed by atoms with Gasteiger partial charge in [0.1, 0.15) is 17.4 Å². The second-order valence-corrected chi connectivity index (χ2v) is 5.24. The molecular weight excluding hydrogens is 242 g/mol. The third-order valence-corrected chi connectivity index (χ3v) is 3.73. The highest BCUT2D eigenvalue weighted by molar-refractivity contribution is 5.77. The van der Waals surface area contributed by atoms with Crippen molar-refractivity contribution in [2.45, 2.75) is 38.5 Å². The van der Waals surface area contributed by atoms with Gasteiger partial charge in [-0.05, 0) is 45.0 Å². The molecule has 2 heterocycles. The molecule has 1 unspecified atom stereocenters. The number of hydrogen-bond donors (Lipinski definition) is 0. The van der Waals surface area contributed by atoms with Gasteiger partial charge in [0.15, 0.2) is 0 Å². The highest BCUT2D eigenvalue weighted by Crippen LogP contribution is 2.22. The van der Waals surface area contributed by atoms with Gasteiger partial charge < -0.3 is 14.1 Å². The van der Waals surface area contributed by atoms with Crippen LogP contribution in [0.15, 0.2) is 16.5 Å². The number of rotatable bonds is 4. The normalized spacial score (nSPS) is 18.8. The lowest BCUT2D eigenvalue weighted by atomic mass is 10.1. The zero-order chi connectivity index (χ0) is 13.7.